The van der Waals surface area contributed by atoms with Crippen LogP contribution in [0.4, 0.5) is 0 Å². The van der Waals surface area contributed by atoms with Crippen LogP contribution >= 0.6 is 0 Å². The molecule has 5 heteroatoms. The summed E-state index contributed by atoms with van der Waals surface area (Å²) in [5, 5.41) is 6.71. The first-order valence-electron chi connectivity index (χ1n) is 4.77. The summed E-state index contributed by atoms with van der Waals surface area (Å²) in [6.45, 7) is 6.03. The zero-order valence-corrected chi connectivity index (χ0v) is 9.53. The summed E-state index contributed by atoms with van der Waals surface area (Å²) in [5.74, 6) is 1.36. The minimum Gasteiger partial charge on any atom is -0.335 e. The molecule has 1 heterocycles. The average molecular weight is 208 g/mol. The van der Waals surface area contributed by atoms with Gasteiger partial charge in [0.1, 0.15) is 5.82 Å². The average Bonchev–Trinajstić information content (AvgIpc) is 2.50. The monoisotopic (exact) mass is 208 g/mol. The second-order valence-corrected chi connectivity index (χ2v) is 3.75. The van der Waals surface area contributed by atoms with Gasteiger partial charge in [0.05, 0.1) is 6.54 Å². The predicted molar refractivity (Wildman–Crippen MR) is 57.0 cm³/mol. The van der Waals surface area contributed by atoms with Crippen LogP contribution in [0.1, 0.15) is 25.5 Å². The molecule has 0 aliphatic heterocycles. The predicted octanol–water partition coefficient (Wildman–Crippen LogP) is 1.04. The number of allylic oxidation sites excluding steroid dienone is 1. The largest absolute Gasteiger partial charge is 0.335 e. The Morgan fingerprint density at radius 3 is 2.67 bits per heavy atom. The van der Waals surface area contributed by atoms with Crippen LogP contribution in [0.15, 0.2) is 11.6 Å². The quantitative estimate of drug-likeness (QED) is 0.755. The number of nitrogens with one attached hydrogen (secondary N) is 1. The van der Waals surface area contributed by atoms with Crippen molar-refractivity contribution in [2.45, 2.75) is 27.3 Å². The fourth-order valence-electron chi connectivity index (χ4n) is 1.11. The molecule has 0 radical (unpaired) electrons. The summed E-state index contributed by atoms with van der Waals surface area (Å²) in [4.78, 5) is 17.3. The van der Waals surface area contributed by atoms with E-state index in [1.165, 1.54) is 0 Å². The van der Waals surface area contributed by atoms with E-state index in [2.05, 4.69) is 15.2 Å². The summed E-state index contributed by atoms with van der Waals surface area (Å²) < 4.78 is 0. The molecule has 0 aliphatic rings. The van der Waals surface area contributed by atoms with Crippen LogP contribution in [-0.2, 0) is 11.3 Å². The van der Waals surface area contributed by atoms with Gasteiger partial charge in [-0.3, -0.25) is 9.89 Å². The van der Waals surface area contributed by atoms with E-state index in [9.17, 15) is 4.79 Å². The summed E-state index contributed by atoms with van der Waals surface area (Å²) >= 11 is 0. The van der Waals surface area contributed by atoms with Gasteiger partial charge in [-0.2, -0.15) is 5.10 Å². The van der Waals surface area contributed by atoms with Crippen molar-refractivity contribution in [3.05, 3.63) is 23.3 Å². The Balaban J connectivity index is 2.59. The van der Waals surface area contributed by atoms with Gasteiger partial charge >= 0.3 is 0 Å². The maximum atomic E-state index is 11.5. The highest BCUT2D eigenvalue weighted by Gasteiger charge is 2.08. The van der Waals surface area contributed by atoms with Gasteiger partial charge in [-0.1, -0.05) is 5.57 Å². The standard InChI is InChI=1S/C10H16N4O/c1-7(2)5-10(15)14(4)6-9-11-8(3)12-13-9/h5H,6H2,1-4H3,(H,11,12,13). The lowest BCUT2D eigenvalue weighted by molar-refractivity contribution is -0.125. The SMILES string of the molecule is CC(C)=CC(=O)N(C)Cc1n[nH]c(C)n1. The fraction of sp³-hybridized carbons (Fsp3) is 0.500. The van der Waals surface area contributed by atoms with E-state index < -0.39 is 0 Å². The van der Waals surface area contributed by atoms with Crippen LogP contribution in [0, 0.1) is 6.92 Å². The van der Waals surface area contributed by atoms with Crippen molar-refractivity contribution in [1.82, 2.24) is 20.1 Å². The number of H-pyrrole nitrogens is 1. The van der Waals surface area contributed by atoms with Crippen LogP contribution in [-0.4, -0.2) is 33.0 Å². The van der Waals surface area contributed by atoms with E-state index >= 15 is 0 Å². The number of hydrogen-bond donors (Lipinski definition) is 1. The minimum atomic E-state index is -0.0301. The van der Waals surface area contributed by atoms with Gasteiger partial charge in [-0.05, 0) is 20.8 Å². The Labute approximate surface area is 89.2 Å². The number of aryl methyl sites for hydroxylation is 1. The molecule has 1 amide bonds. The molecule has 0 aromatic carbocycles. The first kappa shape index (κ1) is 11.4. The van der Waals surface area contributed by atoms with Gasteiger partial charge in [0, 0.05) is 13.1 Å². The Kier molecular flexibility index (Phi) is 3.60. The summed E-state index contributed by atoms with van der Waals surface area (Å²) in [6, 6.07) is 0. The van der Waals surface area contributed by atoms with E-state index in [0.717, 1.165) is 11.4 Å². The van der Waals surface area contributed by atoms with Crippen LogP contribution in [0.5, 0.6) is 0 Å². The molecule has 0 aliphatic carbocycles. The van der Waals surface area contributed by atoms with Gasteiger partial charge in [0.15, 0.2) is 5.82 Å². The van der Waals surface area contributed by atoms with Crippen LogP contribution < -0.4 is 0 Å². The van der Waals surface area contributed by atoms with Gasteiger partial charge in [-0.25, -0.2) is 4.98 Å². The number of carbonyl (C=O) groups excluding carboxylic acids is 1. The lowest BCUT2D eigenvalue weighted by Crippen LogP contribution is -2.25. The maximum absolute atomic E-state index is 11.5. The van der Waals surface area contributed by atoms with Crippen LogP contribution in [0.3, 0.4) is 0 Å². The van der Waals surface area contributed by atoms with E-state index in [4.69, 9.17) is 0 Å². The van der Waals surface area contributed by atoms with Gasteiger partial charge in [-0.15, -0.1) is 0 Å². The van der Waals surface area contributed by atoms with Crippen molar-refractivity contribution < 1.29 is 4.79 Å². The Hall–Kier alpha value is -1.65. The second-order valence-electron chi connectivity index (χ2n) is 3.75. The highest BCUT2D eigenvalue weighted by atomic mass is 16.2. The summed E-state index contributed by atoms with van der Waals surface area (Å²) in [7, 11) is 1.73. The summed E-state index contributed by atoms with van der Waals surface area (Å²) in [5.41, 5.74) is 0.984. The molecule has 0 unspecified atom stereocenters. The highest BCUT2D eigenvalue weighted by Crippen LogP contribution is 1.99. The number of carbonyl (C=O) groups is 1. The molecule has 0 bridgehead atoms. The fourth-order valence-corrected chi connectivity index (χ4v) is 1.11. The molecule has 1 rings (SSSR count). The molecule has 0 spiro atoms. The molecule has 0 fully saturated rings. The number of aromatic amines is 1. The number of aromatic nitrogens is 3. The van der Waals surface area contributed by atoms with Crippen molar-refractivity contribution in [2.24, 2.45) is 0 Å². The van der Waals surface area contributed by atoms with Gasteiger partial charge in [0.2, 0.25) is 5.91 Å². The maximum Gasteiger partial charge on any atom is 0.246 e. The molecule has 0 saturated carbocycles. The van der Waals surface area contributed by atoms with Gasteiger partial charge in [0.25, 0.3) is 0 Å². The summed E-state index contributed by atoms with van der Waals surface area (Å²) in [6.07, 6.45) is 1.60. The molecule has 0 atom stereocenters. The molecule has 1 N–H and O–H groups in total. The molecular weight excluding hydrogens is 192 g/mol. The van der Waals surface area contributed by atoms with E-state index in [1.807, 2.05) is 20.8 Å². The lowest BCUT2D eigenvalue weighted by atomic mass is 10.3. The molecule has 5 nitrogen and oxygen atoms in total. The third-order valence-corrected chi connectivity index (χ3v) is 1.81. The smallest absolute Gasteiger partial charge is 0.246 e. The molecule has 1 aromatic heterocycles. The number of nitrogens with zero attached hydrogens (tertiary/aromatic N) is 3. The first-order chi connectivity index (χ1) is 6.99. The normalized spacial score (nSPS) is 9.87. The molecule has 82 valence electrons. The first-order valence-corrected chi connectivity index (χ1v) is 4.77. The van der Waals surface area contributed by atoms with Crippen molar-refractivity contribution in [3.63, 3.8) is 0 Å². The van der Waals surface area contributed by atoms with E-state index in [-0.39, 0.29) is 5.91 Å². The minimum absolute atomic E-state index is 0.0301. The lowest BCUT2D eigenvalue weighted by Gasteiger charge is -2.12. The molecule has 15 heavy (non-hydrogen) atoms. The number of hydrogen-bond acceptors (Lipinski definition) is 3. The third-order valence-electron chi connectivity index (χ3n) is 1.81. The zero-order chi connectivity index (χ0) is 11.4. The highest BCUT2D eigenvalue weighted by molar-refractivity contribution is 5.87. The van der Waals surface area contributed by atoms with Crippen molar-refractivity contribution in [2.75, 3.05) is 7.05 Å². The number of rotatable bonds is 3. The Morgan fingerprint density at radius 1 is 1.53 bits per heavy atom. The molecular formula is C10H16N4O. The van der Waals surface area contributed by atoms with E-state index in [1.54, 1.807) is 18.0 Å². The van der Waals surface area contributed by atoms with Crippen molar-refractivity contribution in [1.29, 1.82) is 0 Å². The Bertz CT molecular complexity index is 377. The van der Waals surface area contributed by atoms with Crippen molar-refractivity contribution in [3.8, 4) is 0 Å². The zero-order valence-electron chi connectivity index (χ0n) is 9.53. The number of likely N-dealkylation sites (N-methyl/N-ethyl adjacent to an activating group) is 1. The third kappa shape index (κ3) is 3.53. The molecule has 1 aromatic rings. The Morgan fingerprint density at radius 2 is 2.20 bits per heavy atom. The van der Waals surface area contributed by atoms with E-state index in [0.29, 0.717) is 12.4 Å². The molecule has 0 saturated heterocycles. The van der Waals surface area contributed by atoms with Crippen molar-refractivity contribution >= 4 is 5.91 Å². The van der Waals surface area contributed by atoms with Gasteiger partial charge < -0.3 is 4.90 Å². The topological polar surface area (TPSA) is 61.9 Å². The second kappa shape index (κ2) is 4.72. The number of amides is 1. The van der Waals surface area contributed by atoms with Crippen LogP contribution in [0.25, 0.3) is 0 Å². The van der Waals surface area contributed by atoms with Crippen LogP contribution in [0.2, 0.25) is 0 Å².